The molecule has 2 N–H and O–H groups in total. The number of rotatable bonds is 6. The smallest absolute Gasteiger partial charge is 0.254 e. The van der Waals surface area contributed by atoms with Crippen LogP contribution in [-0.2, 0) is 16.0 Å². The summed E-state index contributed by atoms with van der Waals surface area (Å²) in [5.74, 6) is -1.63. The van der Waals surface area contributed by atoms with E-state index in [4.69, 9.17) is 0 Å². The van der Waals surface area contributed by atoms with Crippen LogP contribution in [0.3, 0.4) is 0 Å². The Morgan fingerprint density at radius 3 is 2.29 bits per heavy atom. The summed E-state index contributed by atoms with van der Waals surface area (Å²) in [5.41, 5.74) is 1.82. The van der Waals surface area contributed by atoms with Crippen LogP contribution in [0.4, 0.5) is 5.69 Å². The molecule has 1 rings (SSSR count). The standard InChI is InChI=1S/C16H24N2O3/c1-5-6-12-7-9-13(10-8-12)17-15(20)14(19)11(2)16(21)18(3)4/h7-11,14,19H,5-6H2,1-4H3,(H,17,20)/t11-,14-/m1/s1. The van der Waals surface area contributed by atoms with Crippen molar-refractivity contribution >= 4 is 17.5 Å². The predicted molar refractivity (Wildman–Crippen MR) is 82.9 cm³/mol. The van der Waals surface area contributed by atoms with Crippen LogP contribution in [0.1, 0.15) is 25.8 Å². The Morgan fingerprint density at radius 2 is 1.81 bits per heavy atom. The minimum atomic E-state index is -1.37. The number of aryl methyl sites for hydroxylation is 1. The highest BCUT2D eigenvalue weighted by molar-refractivity contribution is 5.97. The quantitative estimate of drug-likeness (QED) is 0.838. The molecule has 0 unspecified atom stereocenters. The largest absolute Gasteiger partial charge is 0.382 e. The Balaban J connectivity index is 2.65. The first kappa shape index (κ1) is 17.2. The zero-order valence-electron chi connectivity index (χ0n) is 13.1. The third-order valence-corrected chi connectivity index (χ3v) is 3.33. The number of aliphatic hydroxyl groups excluding tert-OH is 1. The van der Waals surface area contributed by atoms with Crippen LogP contribution >= 0.6 is 0 Å². The molecule has 2 atom stereocenters. The van der Waals surface area contributed by atoms with Gasteiger partial charge in [0.15, 0.2) is 0 Å². The average Bonchev–Trinajstić information content (AvgIpc) is 2.47. The van der Waals surface area contributed by atoms with Crippen molar-refractivity contribution < 1.29 is 14.7 Å². The summed E-state index contributed by atoms with van der Waals surface area (Å²) in [6, 6.07) is 7.49. The second kappa shape index (κ2) is 7.78. The minimum Gasteiger partial charge on any atom is -0.382 e. The van der Waals surface area contributed by atoms with Gasteiger partial charge in [0.25, 0.3) is 5.91 Å². The van der Waals surface area contributed by atoms with Crippen LogP contribution in [0.15, 0.2) is 24.3 Å². The van der Waals surface area contributed by atoms with Crippen molar-refractivity contribution in [3.05, 3.63) is 29.8 Å². The third kappa shape index (κ3) is 4.86. The van der Waals surface area contributed by atoms with Gasteiger partial charge < -0.3 is 15.3 Å². The lowest BCUT2D eigenvalue weighted by molar-refractivity contribution is -0.141. The number of amides is 2. The molecule has 1 aromatic carbocycles. The van der Waals surface area contributed by atoms with E-state index < -0.39 is 17.9 Å². The molecule has 116 valence electrons. The Labute approximate surface area is 126 Å². The zero-order chi connectivity index (χ0) is 16.0. The SMILES string of the molecule is CCCc1ccc(NC(=O)[C@H](O)[C@@H](C)C(=O)N(C)C)cc1. The summed E-state index contributed by atoms with van der Waals surface area (Å²) in [7, 11) is 3.19. The summed E-state index contributed by atoms with van der Waals surface area (Å²) >= 11 is 0. The van der Waals surface area contributed by atoms with Gasteiger partial charge in [0.05, 0.1) is 5.92 Å². The number of anilines is 1. The topological polar surface area (TPSA) is 69.6 Å². The molecule has 5 heteroatoms. The van der Waals surface area contributed by atoms with Crippen molar-refractivity contribution in [3.63, 3.8) is 0 Å². The maximum absolute atomic E-state index is 12.0. The Hall–Kier alpha value is -1.88. The van der Waals surface area contributed by atoms with E-state index in [1.165, 1.54) is 17.4 Å². The van der Waals surface area contributed by atoms with Crippen LogP contribution in [0.2, 0.25) is 0 Å². The van der Waals surface area contributed by atoms with Crippen molar-refractivity contribution in [1.29, 1.82) is 0 Å². The number of carbonyl (C=O) groups is 2. The van der Waals surface area contributed by atoms with Gasteiger partial charge in [-0.2, -0.15) is 0 Å². The predicted octanol–water partition coefficient (Wildman–Crippen LogP) is 1.66. The monoisotopic (exact) mass is 292 g/mol. The summed E-state index contributed by atoms with van der Waals surface area (Å²) in [5, 5.41) is 12.6. The van der Waals surface area contributed by atoms with Gasteiger partial charge >= 0.3 is 0 Å². The van der Waals surface area contributed by atoms with Gasteiger partial charge in [0, 0.05) is 19.8 Å². The molecule has 0 spiro atoms. The fourth-order valence-electron chi connectivity index (χ4n) is 2.03. The average molecular weight is 292 g/mol. The lowest BCUT2D eigenvalue weighted by Gasteiger charge is -2.21. The lowest BCUT2D eigenvalue weighted by Crippen LogP contribution is -2.41. The minimum absolute atomic E-state index is 0.282. The van der Waals surface area contributed by atoms with E-state index in [2.05, 4.69) is 12.2 Å². The van der Waals surface area contributed by atoms with Gasteiger partial charge in [0.1, 0.15) is 6.10 Å². The van der Waals surface area contributed by atoms with E-state index in [1.807, 2.05) is 12.1 Å². The first-order valence-electron chi connectivity index (χ1n) is 7.15. The maximum Gasteiger partial charge on any atom is 0.254 e. The molecule has 0 saturated heterocycles. The highest BCUT2D eigenvalue weighted by Crippen LogP contribution is 2.13. The van der Waals surface area contributed by atoms with Gasteiger partial charge in [-0.05, 0) is 24.1 Å². The fraction of sp³-hybridized carbons (Fsp3) is 0.500. The summed E-state index contributed by atoms with van der Waals surface area (Å²) in [4.78, 5) is 25.1. The summed E-state index contributed by atoms with van der Waals surface area (Å²) in [6.45, 7) is 3.64. The van der Waals surface area contributed by atoms with Crippen molar-refractivity contribution in [1.82, 2.24) is 4.90 Å². The van der Waals surface area contributed by atoms with Gasteiger partial charge in [-0.25, -0.2) is 0 Å². The van der Waals surface area contributed by atoms with Gasteiger partial charge in [0.2, 0.25) is 5.91 Å². The molecule has 0 fully saturated rings. The Morgan fingerprint density at radius 1 is 1.24 bits per heavy atom. The van der Waals surface area contributed by atoms with E-state index in [0.29, 0.717) is 5.69 Å². The van der Waals surface area contributed by atoms with Crippen molar-refractivity contribution in [2.75, 3.05) is 19.4 Å². The van der Waals surface area contributed by atoms with Crippen molar-refractivity contribution in [2.45, 2.75) is 32.8 Å². The number of nitrogens with zero attached hydrogens (tertiary/aromatic N) is 1. The molecule has 0 saturated carbocycles. The number of hydrogen-bond acceptors (Lipinski definition) is 3. The van der Waals surface area contributed by atoms with E-state index in [9.17, 15) is 14.7 Å². The molecule has 0 bridgehead atoms. The molecule has 0 heterocycles. The first-order valence-corrected chi connectivity index (χ1v) is 7.15. The number of hydrogen-bond donors (Lipinski definition) is 2. The summed E-state index contributed by atoms with van der Waals surface area (Å²) in [6.07, 6.45) is 0.690. The maximum atomic E-state index is 12.0. The molecule has 0 radical (unpaired) electrons. The number of benzene rings is 1. The van der Waals surface area contributed by atoms with Gasteiger partial charge in [-0.15, -0.1) is 0 Å². The highest BCUT2D eigenvalue weighted by Gasteiger charge is 2.29. The van der Waals surface area contributed by atoms with Crippen LogP contribution in [0, 0.1) is 5.92 Å². The van der Waals surface area contributed by atoms with E-state index in [1.54, 1.807) is 26.2 Å². The fourth-order valence-corrected chi connectivity index (χ4v) is 2.03. The molecule has 0 aromatic heterocycles. The van der Waals surface area contributed by atoms with Crippen LogP contribution < -0.4 is 5.32 Å². The van der Waals surface area contributed by atoms with Gasteiger partial charge in [-0.1, -0.05) is 32.4 Å². The molecule has 1 aromatic rings. The molecule has 0 aliphatic rings. The molecule has 5 nitrogen and oxygen atoms in total. The molecule has 21 heavy (non-hydrogen) atoms. The zero-order valence-corrected chi connectivity index (χ0v) is 13.1. The first-order chi connectivity index (χ1) is 9.86. The third-order valence-electron chi connectivity index (χ3n) is 3.33. The highest BCUT2D eigenvalue weighted by atomic mass is 16.3. The molecule has 0 aliphatic carbocycles. The number of aliphatic hydroxyl groups is 1. The van der Waals surface area contributed by atoms with Gasteiger partial charge in [-0.3, -0.25) is 9.59 Å². The second-order valence-electron chi connectivity index (χ2n) is 5.40. The van der Waals surface area contributed by atoms with Crippen LogP contribution in [0.25, 0.3) is 0 Å². The van der Waals surface area contributed by atoms with Crippen LogP contribution in [0.5, 0.6) is 0 Å². The van der Waals surface area contributed by atoms with E-state index in [0.717, 1.165) is 12.8 Å². The lowest BCUT2D eigenvalue weighted by atomic mass is 10.0. The Kier molecular flexibility index (Phi) is 6.37. The molecule has 2 amide bonds. The normalized spacial score (nSPS) is 13.4. The molecular weight excluding hydrogens is 268 g/mol. The Bertz CT molecular complexity index is 483. The number of carbonyl (C=O) groups excluding carboxylic acids is 2. The molecule has 0 aliphatic heterocycles. The summed E-state index contributed by atoms with van der Waals surface area (Å²) < 4.78 is 0. The van der Waals surface area contributed by atoms with Crippen molar-refractivity contribution in [3.8, 4) is 0 Å². The van der Waals surface area contributed by atoms with Crippen molar-refractivity contribution in [2.24, 2.45) is 5.92 Å². The molecular formula is C16H24N2O3. The van der Waals surface area contributed by atoms with E-state index in [-0.39, 0.29) is 5.91 Å². The second-order valence-corrected chi connectivity index (χ2v) is 5.40. The van der Waals surface area contributed by atoms with Crippen LogP contribution in [-0.4, -0.2) is 42.0 Å². The van der Waals surface area contributed by atoms with E-state index >= 15 is 0 Å². The number of nitrogens with one attached hydrogen (secondary N) is 1.